The van der Waals surface area contributed by atoms with Crippen molar-refractivity contribution >= 4 is 12.1 Å². The Bertz CT molecular complexity index is 196. The zero-order valence-electron chi connectivity index (χ0n) is 7.76. The molecule has 0 radical (unpaired) electrons. The van der Waals surface area contributed by atoms with E-state index in [9.17, 15) is 0 Å². The molecular formula is C9H16N2. The molecule has 0 spiro atoms. The van der Waals surface area contributed by atoms with Crippen LogP contribution in [0.25, 0.3) is 0 Å². The lowest BCUT2D eigenvalue weighted by Gasteiger charge is -2.15. The number of hydrogen-bond donors (Lipinski definition) is 0. The second kappa shape index (κ2) is 2.76. The molecule has 1 aliphatic rings. The Morgan fingerprint density at radius 1 is 1.45 bits per heavy atom. The maximum atomic E-state index is 4.47. The van der Waals surface area contributed by atoms with Crippen molar-refractivity contribution in [2.45, 2.75) is 40.2 Å². The molecule has 0 aromatic heterocycles. The molecule has 1 rings (SSSR count). The third-order valence-corrected chi connectivity index (χ3v) is 1.75. The van der Waals surface area contributed by atoms with E-state index in [1.807, 2.05) is 6.21 Å². The zero-order valence-corrected chi connectivity index (χ0v) is 7.76. The molecule has 1 heterocycles. The van der Waals surface area contributed by atoms with Crippen LogP contribution in [0.3, 0.4) is 0 Å². The van der Waals surface area contributed by atoms with Gasteiger partial charge in [0, 0.05) is 11.6 Å². The Morgan fingerprint density at radius 3 is 2.36 bits per heavy atom. The summed E-state index contributed by atoms with van der Waals surface area (Å²) in [7, 11) is 0. The van der Waals surface area contributed by atoms with Gasteiger partial charge in [0.1, 0.15) is 5.84 Å². The molecule has 2 nitrogen and oxygen atoms in total. The Balaban J connectivity index is 2.72. The van der Waals surface area contributed by atoms with E-state index in [-0.39, 0.29) is 5.41 Å². The molecule has 0 aromatic rings. The number of amidine groups is 1. The van der Waals surface area contributed by atoms with Gasteiger partial charge in [-0.3, -0.25) is 4.99 Å². The van der Waals surface area contributed by atoms with E-state index in [2.05, 4.69) is 37.7 Å². The van der Waals surface area contributed by atoms with Gasteiger partial charge in [-0.05, 0) is 6.42 Å². The lowest BCUT2D eigenvalue weighted by Crippen LogP contribution is -2.16. The number of aliphatic imine (C=N–C) groups is 2. The third-order valence-electron chi connectivity index (χ3n) is 1.75. The van der Waals surface area contributed by atoms with Gasteiger partial charge in [-0.15, -0.1) is 0 Å². The molecule has 1 unspecified atom stereocenters. The Hall–Kier alpha value is -0.660. The fourth-order valence-corrected chi connectivity index (χ4v) is 0.964. The van der Waals surface area contributed by atoms with Gasteiger partial charge in [0.2, 0.25) is 0 Å². The van der Waals surface area contributed by atoms with Gasteiger partial charge in [0.15, 0.2) is 0 Å². The lowest BCUT2D eigenvalue weighted by molar-refractivity contribution is 0.583. The topological polar surface area (TPSA) is 24.7 Å². The first-order chi connectivity index (χ1) is 5.04. The normalized spacial score (nSPS) is 24.0. The second-order valence-corrected chi connectivity index (χ2v) is 3.96. The summed E-state index contributed by atoms with van der Waals surface area (Å²) in [5.41, 5.74) is 0.112. The lowest BCUT2D eigenvalue weighted by atomic mass is 9.95. The second-order valence-electron chi connectivity index (χ2n) is 3.96. The van der Waals surface area contributed by atoms with Crippen LogP contribution in [-0.4, -0.2) is 18.1 Å². The smallest absolute Gasteiger partial charge is 0.128 e. The molecule has 11 heavy (non-hydrogen) atoms. The summed E-state index contributed by atoms with van der Waals surface area (Å²) < 4.78 is 0. The highest BCUT2D eigenvalue weighted by atomic mass is 15.0. The van der Waals surface area contributed by atoms with Crippen LogP contribution in [-0.2, 0) is 0 Å². The first kappa shape index (κ1) is 8.44. The molecule has 1 aliphatic heterocycles. The van der Waals surface area contributed by atoms with Crippen LogP contribution in [0.15, 0.2) is 9.98 Å². The molecule has 0 bridgehead atoms. The summed E-state index contributed by atoms with van der Waals surface area (Å²) >= 11 is 0. The van der Waals surface area contributed by atoms with Crippen molar-refractivity contribution < 1.29 is 0 Å². The van der Waals surface area contributed by atoms with Gasteiger partial charge < -0.3 is 0 Å². The van der Waals surface area contributed by atoms with E-state index in [1.165, 1.54) is 0 Å². The van der Waals surface area contributed by atoms with Gasteiger partial charge in [0.25, 0.3) is 0 Å². The zero-order chi connectivity index (χ0) is 8.48. The van der Waals surface area contributed by atoms with Crippen LogP contribution < -0.4 is 0 Å². The molecule has 0 amide bonds. The SMILES string of the molecule is CCC1C=NC(C(C)(C)C)=N1. The maximum absolute atomic E-state index is 4.47. The largest absolute Gasteiger partial charge is 0.261 e. The third kappa shape index (κ3) is 1.88. The highest BCUT2D eigenvalue weighted by Crippen LogP contribution is 2.20. The van der Waals surface area contributed by atoms with Crippen molar-refractivity contribution in [3.05, 3.63) is 0 Å². The van der Waals surface area contributed by atoms with Crippen molar-refractivity contribution in [2.75, 3.05) is 0 Å². The van der Waals surface area contributed by atoms with Gasteiger partial charge >= 0.3 is 0 Å². The number of hydrogen-bond acceptors (Lipinski definition) is 2. The standard InChI is InChI=1S/C9H16N2/c1-5-7-6-10-8(11-7)9(2,3)4/h6-7H,5H2,1-4H3. The molecule has 62 valence electrons. The molecule has 1 atom stereocenters. The van der Waals surface area contributed by atoms with E-state index < -0.39 is 0 Å². The molecule has 0 saturated heterocycles. The van der Waals surface area contributed by atoms with Gasteiger partial charge in [-0.2, -0.15) is 0 Å². The minimum absolute atomic E-state index is 0.112. The number of rotatable bonds is 1. The van der Waals surface area contributed by atoms with Crippen LogP contribution in [0.4, 0.5) is 0 Å². The van der Waals surface area contributed by atoms with Gasteiger partial charge in [-0.1, -0.05) is 27.7 Å². The van der Waals surface area contributed by atoms with Crippen molar-refractivity contribution in [2.24, 2.45) is 15.4 Å². The van der Waals surface area contributed by atoms with E-state index in [4.69, 9.17) is 0 Å². The molecule has 0 aromatic carbocycles. The van der Waals surface area contributed by atoms with E-state index >= 15 is 0 Å². The number of nitrogens with zero attached hydrogens (tertiary/aromatic N) is 2. The van der Waals surface area contributed by atoms with Crippen LogP contribution in [0.2, 0.25) is 0 Å². The van der Waals surface area contributed by atoms with E-state index in [0.29, 0.717) is 6.04 Å². The molecule has 0 saturated carbocycles. The summed E-state index contributed by atoms with van der Waals surface area (Å²) in [5, 5.41) is 0. The average molecular weight is 152 g/mol. The minimum atomic E-state index is 0.112. The summed E-state index contributed by atoms with van der Waals surface area (Å²) in [4.78, 5) is 8.76. The Kier molecular flexibility index (Phi) is 2.12. The molecular weight excluding hydrogens is 136 g/mol. The van der Waals surface area contributed by atoms with Crippen molar-refractivity contribution in [1.29, 1.82) is 0 Å². The van der Waals surface area contributed by atoms with Gasteiger partial charge in [-0.25, -0.2) is 4.99 Å². The van der Waals surface area contributed by atoms with E-state index in [0.717, 1.165) is 12.3 Å². The van der Waals surface area contributed by atoms with E-state index in [1.54, 1.807) is 0 Å². The van der Waals surface area contributed by atoms with Crippen LogP contribution in [0, 0.1) is 5.41 Å². The summed E-state index contributed by atoms with van der Waals surface area (Å²) in [6, 6.07) is 0.337. The predicted molar refractivity (Wildman–Crippen MR) is 49.5 cm³/mol. The Morgan fingerprint density at radius 2 is 2.09 bits per heavy atom. The van der Waals surface area contributed by atoms with Crippen molar-refractivity contribution in [3.63, 3.8) is 0 Å². The first-order valence-electron chi connectivity index (χ1n) is 4.16. The predicted octanol–water partition coefficient (Wildman–Crippen LogP) is 2.29. The highest BCUT2D eigenvalue weighted by molar-refractivity contribution is 5.98. The first-order valence-corrected chi connectivity index (χ1v) is 4.16. The fourth-order valence-electron chi connectivity index (χ4n) is 0.964. The molecule has 2 heteroatoms. The average Bonchev–Trinajstić information content (AvgIpc) is 2.32. The van der Waals surface area contributed by atoms with Crippen molar-refractivity contribution in [3.8, 4) is 0 Å². The Labute approximate surface area is 68.4 Å². The van der Waals surface area contributed by atoms with Crippen LogP contribution in [0.5, 0.6) is 0 Å². The van der Waals surface area contributed by atoms with Crippen LogP contribution >= 0.6 is 0 Å². The highest BCUT2D eigenvalue weighted by Gasteiger charge is 2.22. The molecule has 0 aliphatic carbocycles. The molecule has 0 fully saturated rings. The molecule has 0 N–H and O–H groups in total. The monoisotopic (exact) mass is 152 g/mol. The quantitative estimate of drug-likeness (QED) is 0.550. The maximum Gasteiger partial charge on any atom is 0.128 e. The summed E-state index contributed by atoms with van der Waals surface area (Å²) in [5.74, 6) is 0.990. The fraction of sp³-hybridized carbons (Fsp3) is 0.778. The minimum Gasteiger partial charge on any atom is -0.261 e. The summed E-state index contributed by atoms with van der Waals surface area (Å²) in [6.07, 6.45) is 3.00. The summed E-state index contributed by atoms with van der Waals surface area (Å²) in [6.45, 7) is 8.55. The van der Waals surface area contributed by atoms with Gasteiger partial charge in [0.05, 0.1) is 6.04 Å². The van der Waals surface area contributed by atoms with Crippen LogP contribution in [0.1, 0.15) is 34.1 Å². The van der Waals surface area contributed by atoms with Crippen molar-refractivity contribution in [1.82, 2.24) is 0 Å².